The number of rotatable bonds is 5. The molecule has 0 saturated carbocycles. The Bertz CT molecular complexity index is 907. The molecule has 8 nitrogen and oxygen atoms in total. The summed E-state index contributed by atoms with van der Waals surface area (Å²) in [7, 11) is 0. The number of nitrogens with one attached hydrogen (secondary N) is 4. The van der Waals surface area contributed by atoms with Crippen molar-refractivity contribution >= 4 is 35.6 Å². The number of piperidine rings is 1. The molecule has 0 aliphatic carbocycles. The molecule has 2 aliphatic heterocycles. The molecular formula is C21H29ClN6O2. The van der Waals surface area contributed by atoms with Gasteiger partial charge in [-0.2, -0.15) is 5.10 Å². The van der Waals surface area contributed by atoms with E-state index in [1.54, 1.807) is 6.07 Å². The smallest absolute Gasteiger partial charge is 0.276 e. The predicted octanol–water partition coefficient (Wildman–Crippen LogP) is 2.46. The first-order valence-corrected chi connectivity index (χ1v) is 10.3. The molecule has 3 heterocycles. The lowest BCUT2D eigenvalue weighted by Crippen LogP contribution is -2.36. The molecule has 1 fully saturated rings. The number of benzene rings is 1. The zero-order chi connectivity index (χ0) is 20.2. The third-order valence-corrected chi connectivity index (χ3v) is 5.61. The minimum atomic E-state index is -0.249. The van der Waals surface area contributed by atoms with Gasteiger partial charge in [-0.05, 0) is 50.6 Å². The number of aromatic amines is 1. The van der Waals surface area contributed by atoms with Crippen LogP contribution in [0.1, 0.15) is 46.6 Å². The Morgan fingerprint density at radius 2 is 1.97 bits per heavy atom. The molecule has 30 heavy (non-hydrogen) atoms. The number of anilines is 2. The lowest BCUT2D eigenvalue weighted by atomic mass is 10.1. The molecule has 0 unspecified atom stereocenters. The van der Waals surface area contributed by atoms with E-state index in [0.717, 1.165) is 61.4 Å². The molecule has 162 valence electrons. The summed E-state index contributed by atoms with van der Waals surface area (Å²) in [5.41, 5.74) is 4.67. The third kappa shape index (κ3) is 5.19. The SMILES string of the molecule is Cc1ccc(NC(=O)c2n[nH]c3c2CNCC3)cc1NC(=O)CN1CCCCC1.Cl. The summed E-state index contributed by atoms with van der Waals surface area (Å²) in [5.74, 6) is -0.272. The highest BCUT2D eigenvalue weighted by Crippen LogP contribution is 2.22. The number of aromatic nitrogens is 2. The second kappa shape index (κ2) is 10.1. The van der Waals surface area contributed by atoms with E-state index in [9.17, 15) is 9.59 Å². The van der Waals surface area contributed by atoms with Crippen LogP contribution in [0, 0.1) is 6.92 Å². The molecule has 0 bridgehead atoms. The zero-order valence-corrected chi connectivity index (χ0v) is 18.0. The van der Waals surface area contributed by atoms with Gasteiger partial charge in [0, 0.05) is 42.1 Å². The van der Waals surface area contributed by atoms with Gasteiger partial charge in [-0.1, -0.05) is 12.5 Å². The van der Waals surface area contributed by atoms with Crippen LogP contribution >= 0.6 is 12.4 Å². The number of hydrogen-bond donors (Lipinski definition) is 4. The molecular weight excluding hydrogens is 404 g/mol. The van der Waals surface area contributed by atoms with Gasteiger partial charge in [0.25, 0.3) is 5.91 Å². The van der Waals surface area contributed by atoms with Gasteiger partial charge in [0.1, 0.15) is 0 Å². The van der Waals surface area contributed by atoms with Gasteiger partial charge in [0.05, 0.1) is 6.54 Å². The monoisotopic (exact) mass is 432 g/mol. The number of carbonyl (C=O) groups excluding carboxylic acids is 2. The number of H-pyrrole nitrogens is 1. The van der Waals surface area contributed by atoms with E-state index in [1.807, 2.05) is 19.1 Å². The second-order valence-corrected chi connectivity index (χ2v) is 7.82. The number of likely N-dealkylation sites (tertiary alicyclic amines) is 1. The van der Waals surface area contributed by atoms with Gasteiger partial charge in [0.2, 0.25) is 5.91 Å². The Kier molecular flexibility index (Phi) is 7.47. The Morgan fingerprint density at radius 1 is 1.17 bits per heavy atom. The van der Waals surface area contributed by atoms with Gasteiger partial charge >= 0.3 is 0 Å². The average Bonchev–Trinajstić information content (AvgIpc) is 3.15. The van der Waals surface area contributed by atoms with Crippen molar-refractivity contribution in [2.24, 2.45) is 0 Å². The van der Waals surface area contributed by atoms with Gasteiger partial charge in [-0.3, -0.25) is 19.6 Å². The Balaban J connectivity index is 0.00000256. The molecule has 2 aliphatic rings. The fraction of sp³-hybridized carbons (Fsp3) is 0.476. The molecule has 1 saturated heterocycles. The number of carbonyl (C=O) groups is 2. The summed E-state index contributed by atoms with van der Waals surface area (Å²) >= 11 is 0. The van der Waals surface area contributed by atoms with Crippen LogP contribution in [0.5, 0.6) is 0 Å². The number of aryl methyl sites for hydroxylation is 1. The van der Waals surface area contributed by atoms with Crippen LogP contribution in [0.25, 0.3) is 0 Å². The predicted molar refractivity (Wildman–Crippen MR) is 119 cm³/mol. The highest BCUT2D eigenvalue weighted by molar-refractivity contribution is 6.04. The maximum Gasteiger partial charge on any atom is 0.276 e. The quantitative estimate of drug-likeness (QED) is 0.581. The molecule has 0 atom stereocenters. The molecule has 4 N–H and O–H groups in total. The van der Waals surface area contributed by atoms with Crippen molar-refractivity contribution in [2.75, 3.05) is 36.8 Å². The first-order chi connectivity index (χ1) is 14.1. The summed E-state index contributed by atoms with van der Waals surface area (Å²) in [4.78, 5) is 27.4. The zero-order valence-electron chi connectivity index (χ0n) is 17.2. The lowest BCUT2D eigenvalue weighted by Gasteiger charge is -2.25. The van der Waals surface area contributed by atoms with Crippen LogP contribution in [0.4, 0.5) is 11.4 Å². The normalized spacial score (nSPS) is 16.3. The summed E-state index contributed by atoms with van der Waals surface area (Å²) in [6.45, 7) is 5.83. The Hall–Kier alpha value is -2.42. The molecule has 2 amide bonds. The molecule has 1 aromatic heterocycles. The molecule has 1 aromatic carbocycles. The fourth-order valence-corrected chi connectivity index (χ4v) is 3.95. The van der Waals surface area contributed by atoms with Crippen LogP contribution in [-0.2, 0) is 17.8 Å². The van der Waals surface area contributed by atoms with E-state index in [-0.39, 0.29) is 24.2 Å². The minimum absolute atomic E-state index is 0. The van der Waals surface area contributed by atoms with Crippen molar-refractivity contribution in [3.63, 3.8) is 0 Å². The van der Waals surface area contributed by atoms with Gasteiger partial charge in [-0.15, -0.1) is 12.4 Å². The van der Waals surface area contributed by atoms with E-state index in [1.165, 1.54) is 6.42 Å². The van der Waals surface area contributed by atoms with Crippen molar-refractivity contribution in [1.29, 1.82) is 0 Å². The van der Waals surface area contributed by atoms with E-state index < -0.39 is 0 Å². The number of halogens is 1. The van der Waals surface area contributed by atoms with E-state index in [2.05, 4.69) is 31.0 Å². The highest BCUT2D eigenvalue weighted by atomic mass is 35.5. The average molecular weight is 433 g/mol. The topological polar surface area (TPSA) is 102 Å². The van der Waals surface area contributed by atoms with Crippen molar-refractivity contribution in [3.05, 3.63) is 40.7 Å². The maximum absolute atomic E-state index is 12.7. The van der Waals surface area contributed by atoms with Crippen LogP contribution in [0.15, 0.2) is 18.2 Å². The standard InChI is InChI=1S/C21H28N6O2.ClH/c1-14-5-6-15(11-18(14)24-19(28)13-27-9-3-2-4-10-27)23-21(29)20-16-12-22-8-7-17(16)25-26-20;/h5-6,11,22H,2-4,7-10,12-13H2,1H3,(H,23,29)(H,24,28)(H,25,26);1H. The van der Waals surface area contributed by atoms with E-state index in [0.29, 0.717) is 24.5 Å². The van der Waals surface area contributed by atoms with Crippen LogP contribution in [0.2, 0.25) is 0 Å². The number of hydrogen-bond acceptors (Lipinski definition) is 5. The molecule has 2 aromatic rings. The Morgan fingerprint density at radius 3 is 2.77 bits per heavy atom. The molecule has 0 spiro atoms. The first-order valence-electron chi connectivity index (χ1n) is 10.3. The summed E-state index contributed by atoms with van der Waals surface area (Å²) in [6.07, 6.45) is 4.39. The van der Waals surface area contributed by atoms with Gasteiger partial charge in [-0.25, -0.2) is 0 Å². The molecule has 9 heteroatoms. The number of nitrogens with zero attached hydrogens (tertiary/aromatic N) is 2. The number of amides is 2. The minimum Gasteiger partial charge on any atom is -0.325 e. The maximum atomic E-state index is 12.7. The largest absolute Gasteiger partial charge is 0.325 e. The van der Waals surface area contributed by atoms with Crippen LogP contribution in [-0.4, -0.2) is 53.1 Å². The number of fused-ring (bicyclic) bond motifs is 1. The third-order valence-electron chi connectivity index (χ3n) is 5.61. The van der Waals surface area contributed by atoms with Crippen molar-refractivity contribution in [1.82, 2.24) is 20.4 Å². The Labute approximate surface area is 182 Å². The van der Waals surface area contributed by atoms with Gasteiger partial charge < -0.3 is 16.0 Å². The van der Waals surface area contributed by atoms with Gasteiger partial charge in [0.15, 0.2) is 5.69 Å². The van der Waals surface area contributed by atoms with Crippen LogP contribution in [0.3, 0.4) is 0 Å². The van der Waals surface area contributed by atoms with Crippen LogP contribution < -0.4 is 16.0 Å². The van der Waals surface area contributed by atoms with Crippen molar-refractivity contribution in [2.45, 2.75) is 39.2 Å². The summed E-state index contributed by atoms with van der Waals surface area (Å²) in [6, 6.07) is 5.54. The molecule has 4 rings (SSSR count). The van der Waals surface area contributed by atoms with Crippen molar-refractivity contribution < 1.29 is 9.59 Å². The first kappa shape index (κ1) is 22.3. The van der Waals surface area contributed by atoms with E-state index in [4.69, 9.17) is 0 Å². The highest BCUT2D eigenvalue weighted by Gasteiger charge is 2.22. The summed E-state index contributed by atoms with van der Waals surface area (Å²) in [5, 5.41) is 16.3. The molecule has 0 radical (unpaired) electrons. The van der Waals surface area contributed by atoms with E-state index >= 15 is 0 Å². The summed E-state index contributed by atoms with van der Waals surface area (Å²) < 4.78 is 0. The second-order valence-electron chi connectivity index (χ2n) is 7.82. The lowest BCUT2D eigenvalue weighted by molar-refractivity contribution is -0.117. The fourth-order valence-electron chi connectivity index (χ4n) is 3.95. The van der Waals surface area contributed by atoms with Crippen molar-refractivity contribution in [3.8, 4) is 0 Å².